The molecule has 0 aromatic rings. The molecule has 1 aliphatic heterocycles. The van der Waals surface area contributed by atoms with E-state index in [1.54, 1.807) is 6.92 Å². The van der Waals surface area contributed by atoms with Crippen molar-refractivity contribution in [3.8, 4) is 0 Å². The zero-order valence-electron chi connectivity index (χ0n) is 23.4. The molecule has 7 aliphatic carbocycles. The molecule has 1 heterocycles. The molecule has 0 aromatic heterocycles. The van der Waals surface area contributed by atoms with Gasteiger partial charge in [-0.2, -0.15) is 0 Å². The van der Waals surface area contributed by atoms with E-state index in [9.17, 15) is 19.2 Å². The highest BCUT2D eigenvalue weighted by molar-refractivity contribution is 14.1. The first kappa shape index (κ1) is 26.3. The van der Waals surface area contributed by atoms with Crippen LogP contribution in [0.3, 0.4) is 0 Å². The summed E-state index contributed by atoms with van der Waals surface area (Å²) in [6.07, 6.45) is 7.02. The molecule has 1 saturated heterocycles. The molecule has 218 valence electrons. The van der Waals surface area contributed by atoms with Gasteiger partial charge in [0.15, 0.2) is 6.61 Å². The Hall–Kier alpha value is -1.39. The van der Waals surface area contributed by atoms with Crippen LogP contribution < -0.4 is 0 Å². The number of alkyl halides is 1. The summed E-state index contributed by atoms with van der Waals surface area (Å²) in [6, 6.07) is 0. The Morgan fingerprint density at radius 1 is 1.10 bits per heavy atom. The average molecular weight is 667 g/mol. The fourth-order valence-electron chi connectivity index (χ4n) is 11.8. The van der Waals surface area contributed by atoms with Crippen molar-refractivity contribution in [2.75, 3.05) is 6.61 Å². The zero-order valence-corrected chi connectivity index (χ0v) is 25.6. The maximum Gasteiger partial charge on any atom is 0.344 e. The number of hydrogen-bond acceptors (Lipinski definition) is 8. The van der Waals surface area contributed by atoms with E-state index in [2.05, 4.69) is 6.92 Å². The first-order valence-electron chi connectivity index (χ1n) is 15.5. The Morgan fingerprint density at radius 2 is 1.88 bits per heavy atom. The third-order valence-corrected chi connectivity index (χ3v) is 14.6. The third kappa shape index (κ3) is 3.19. The predicted molar refractivity (Wildman–Crippen MR) is 148 cm³/mol. The third-order valence-electron chi connectivity index (χ3n) is 13.4. The fourth-order valence-corrected chi connectivity index (χ4v) is 12.0. The molecule has 6 bridgehead atoms. The van der Waals surface area contributed by atoms with E-state index in [-0.39, 0.29) is 23.8 Å². The van der Waals surface area contributed by atoms with Gasteiger partial charge in [0, 0.05) is 17.8 Å². The highest BCUT2D eigenvalue weighted by Gasteiger charge is 2.85. The van der Waals surface area contributed by atoms with Gasteiger partial charge in [0.1, 0.15) is 21.2 Å². The van der Waals surface area contributed by atoms with Crippen molar-refractivity contribution in [2.24, 2.45) is 64.6 Å². The Balaban J connectivity index is 0.988. The molecule has 15 unspecified atom stereocenters. The van der Waals surface area contributed by atoms with Crippen molar-refractivity contribution >= 4 is 46.5 Å². The van der Waals surface area contributed by atoms with E-state index < -0.39 is 51.6 Å². The second kappa shape index (κ2) is 8.37. The number of ether oxygens (including phenoxy) is 4. The fraction of sp³-hybridized carbons (Fsp3) is 0.871. The molecular formula is C31H39IO8. The number of carbonyl (C=O) groups excluding carboxylic acids is 4. The molecule has 8 fully saturated rings. The molecule has 0 amide bonds. The van der Waals surface area contributed by atoms with Gasteiger partial charge in [-0.1, -0.05) is 36.4 Å². The summed E-state index contributed by atoms with van der Waals surface area (Å²) >= 11 is 2.02. The zero-order chi connectivity index (χ0) is 27.9. The van der Waals surface area contributed by atoms with Gasteiger partial charge in [0.25, 0.3) is 0 Å². The summed E-state index contributed by atoms with van der Waals surface area (Å²) in [5.74, 6) is 1.04. The lowest BCUT2D eigenvalue weighted by molar-refractivity contribution is -0.184. The molecule has 0 aromatic carbocycles. The van der Waals surface area contributed by atoms with Crippen LogP contribution in [0.2, 0.25) is 0 Å². The summed E-state index contributed by atoms with van der Waals surface area (Å²) in [5.41, 5.74) is -0.0498. The Kier molecular flexibility index (Phi) is 5.49. The van der Waals surface area contributed by atoms with Crippen LogP contribution in [-0.2, 0) is 38.1 Å². The Labute approximate surface area is 248 Å². The van der Waals surface area contributed by atoms with Crippen molar-refractivity contribution in [2.45, 2.75) is 93.4 Å². The van der Waals surface area contributed by atoms with Crippen LogP contribution in [-0.4, -0.2) is 51.7 Å². The van der Waals surface area contributed by atoms with E-state index >= 15 is 0 Å². The number of rotatable bonds is 8. The molecule has 0 N–H and O–H groups in total. The van der Waals surface area contributed by atoms with Gasteiger partial charge < -0.3 is 18.9 Å². The summed E-state index contributed by atoms with van der Waals surface area (Å²) in [5, 5.41) is 0. The minimum atomic E-state index is -0.722. The molecule has 7 saturated carbocycles. The summed E-state index contributed by atoms with van der Waals surface area (Å²) in [6.45, 7) is 5.30. The molecule has 9 heteroatoms. The molecule has 8 rings (SSSR count). The lowest BCUT2D eigenvalue weighted by Crippen LogP contribution is -2.50. The number of carbonyl (C=O) groups is 4. The van der Waals surface area contributed by atoms with Crippen molar-refractivity contribution < 1.29 is 38.1 Å². The van der Waals surface area contributed by atoms with Gasteiger partial charge in [-0.3, -0.25) is 14.4 Å². The SMILES string of the molecule is CCC(C)(I)C(=O)OCC(=O)OC1C2CC3C1OC(=O)C3C2C(=O)OC1(CC)CC23CC1C1C4CCC(C4)C2C13. The van der Waals surface area contributed by atoms with E-state index in [4.69, 9.17) is 18.9 Å². The topological polar surface area (TPSA) is 105 Å². The van der Waals surface area contributed by atoms with Crippen molar-refractivity contribution in [1.82, 2.24) is 0 Å². The van der Waals surface area contributed by atoms with Crippen LogP contribution >= 0.6 is 22.6 Å². The van der Waals surface area contributed by atoms with Gasteiger partial charge in [-0.25, -0.2) is 4.79 Å². The van der Waals surface area contributed by atoms with Crippen LogP contribution in [0.25, 0.3) is 0 Å². The monoisotopic (exact) mass is 666 g/mol. The first-order chi connectivity index (χ1) is 19.0. The summed E-state index contributed by atoms with van der Waals surface area (Å²) < 4.78 is 22.6. The van der Waals surface area contributed by atoms with Crippen LogP contribution in [0.4, 0.5) is 0 Å². The number of esters is 4. The van der Waals surface area contributed by atoms with Crippen LogP contribution in [0.1, 0.15) is 72.1 Å². The van der Waals surface area contributed by atoms with Crippen LogP contribution in [0.5, 0.6) is 0 Å². The van der Waals surface area contributed by atoms with E-state index in [1.165, 1.54) is 25.7 Å². The van der Waals surface area contributed by atoms with Gasteiger partial charge in [-0.05, 0) is 93.3 Å². The number of hydrogen-bond donors (Lipinski definition) is 0. The number of fused-ring (bicyclic) bond motifs is 7. The van der Waals surface area contributed by atoms with E-state index in [0.29, 0.717) is 30.1 Å². The maximum atomic E-state index is 14.1. The smallest absolute Gasteiger partial charge is 0.344 e. The minimum Gasteiger partial charge on any atom is -0.459 e. The normalized spacial score (nSPS) is 52.6. The summed E-state index contributed by atoms with van der Waals surface area (Å²) in [7, 11) is 0. The minimum absolute atomic E-state index is 0.146. The predicted octanol–water partition coefficient (Wildman–Crippen LogP) is 4.25. The maximum absolute atomic E-state index is 14.1. The van der Waals surface area contributed by atoms with Crippen LogP contribution in [0.15, 0.2) is 0 Å². The highest BCUT2D eigenvalue weighted by atomic mass is 127. The second-order valence-corrected chi connectivity index (χ2v) is 17.0. The van der Waals surface area contributed by atoms with Crippen molar-refractivity contribution in [3.63, 3.8) is 0 Å². The van der Waals surface area contributed by atoms with Crippen LogP contribution in [0, 0.1) is 64.6 Å². The number of halogens is 1. The average Bonchev–Trinajstić information content (AvgIpc) is 3.56. The molecule has 15 atom stereocenters. The highest BCUT2D eigenvalue weighted by Crippen LogP contribution is 2.88. The molecule has 8 aliphatic rings. The standard InChI is InChI=1S/C31H39IO8/c1-4-29(3,32)28(36)37-11-18(33)38-24-16-9-15-20(26(34)39-25(15)24)21(16)27(35)40-31(5-2)12-30-10-17(31)19-13-6-7-14(8-13)22(30)23(19)30/h13-17,19-25H,4-12H2,1-3H3. The van der Waals surface area contributed by atoms with E-state index in [0.717, 1.165) is 36.5 Å². The van der Waals surface area contributed by atoms with Gasteiger partial charge >= 0.3 is 23.9 Å². The molecule has 0 radical (unpaired) electrons. The Bertz CT molecular complexity index is 1190. The van der Waals surface area contributed by atoms with Gasteiger partial charge in [0.05, 0.1) is 11.8 Å². The largest absolute Gasteiger partial charge is 0.459 e. The molecular weight excluding hydrogens is 627 g/mol. The van der Waals surface area contributed by atoms with Crippen molar-refractivity contribution in [3.05, 3.63) is 0 Å². The molecule has 8 nitrogen and oxygen atoms in total. The summed E-state index contributed by atoms with van der Waals surface area (Å²) in [4.78, 5) is 52.1. The van der Waals surface area contributed by atoms with E-state index in [1.807, 2.05) is 29.5 Å². The quantitative estimate of drug-likeness (QED) is 0.164. The lowest BCUT2D eigenvalue weighted by Gasteiger charge is -2.44. The molecule has 1 spiro atoms. The molecule has 40 heavy (non-hydrogen) atoms. The first-order valence-corrected chi connectivity index (χ1v) is 16.6. The van der Waals surface area contributed by atoms with Crippen molar-refractivity contribution in [1.29, 1.82) is 0 Å². The van der Waals surface area contributed by atoms with Gasteiger partial charge in [-0.15, -0.1) is 0 Å². The lowest BCUT2D eigenvalue weighted by atomic mass is 9.67. The second-order valence-electron chi connectivity index (χ2n) is 14.6. The Morgan fingerprint density at radius 3 is 2.62 bits per heavy atom. The van der Waals surface area contributed by atoms with Gasteiger partial charge in [0.2, 0.25) is 0 Å².